The van der Waals surface area contributed by atoms with Crippen LogP contribution >= 0.6 is 22.7 Å². The van der Waals surface area contributed by atoms with E-state index >= 15 is 0 Å². The van der Waals surface area contributed by atoms with E-state index < -0.39 is 0 Å². The molecule has 1 aliphatic rings. The molecule has 0 radical (unpaired) electrons. The van der Waals surface area contributed by atoms with Crippen LogP contribution in [0.5, 0.6) is 5.75 Å². The lowest BCUT2D eigenvalue weighted by atomic mass is 9.98. The molecule has 28 heavy (non-hydrogen) atoms. The molecule has 1 amide bonds. The fourth-order valence-electron chi connectivity index (χ4n) is 3.61. The lowest BCUT2D eigenvalue weighted by Gasteiger charge is -2.35. The lowest BCUT2D eigenvalue weighted by molar-refractivity contribution is -0.135. The van der Waals surface area contributed by atoms with Gasteiger partial charge in [0.15, 0.2) is 6.61 Å². The summed E-state index contributed by atoms with van der Waals surface area (Å²) < 4.78 is 5.82. The standard InChI is InChI=1S/C21H17N3O2S2/c25-20(12-26-15-4-3-14-11-22-13-23-17(14)10-15)24-7-5-18-16(6-9-28-18)21(24)19-2-1-8-27-19/h1-4,6,8-11,13,21H,5,7,12H2. The second-order valence-electron chi connectivity index (χ2n) is 6.59. The van der Waals surface area contributed by atoms with Crippen molar-refractivity contribution in [3.05, 3.63) is 75.0 Å². The van der Waals surface area contributed by atoms with Gasteiger partial charge in [0.1, 0.15) is 12.1 Å². The highest BCUT2D eigenvalue weighted by atomic mass is 32.1. The molecule has 0 fully saturated rings. The Morgan fingerprint density at radius 2 is 2.18 bits per heavy atom. The van der Waals surface area contributed by atoms with E-state index in [2.05, 4.69) is 32.9 Å². The third-order valence-corrected chi connectivity index (χ3v) is 6.86. The van der Waals surface area contributed by atoms with Gasteiger partial charge in [-0.15, -0.1) is 22.7 Å². The minimum Gasteiger partial charge on any atom is -0.484 e. The Balaban J connectivity index is 1.36. The lowest BCUT2D eigenvalue weighted by Crippen LogP contribution is -2.42. The molecule has 1 aliphatic heterocycles. The van der Waals surface area contributed by atoms with Crippen LogP contribution in [0.3, 0.4) is 0 Å². The number of carbonyl (C=O) groups is 1. The zero-order valence-corrected chi connectivity index (χ0v) is 16.6. The van der Waals surface area contributed by atoms with Crippen molar-refractivity contribution in [2.24, 2.45) is 0 Å². The quantitative estimate of drug-likeness (QED) is 0.506. The molecule has 140 valence electrons. The number of nitrogens with zero attached hydrogens (tertiary/aromatic N) is 3. The Kier molecular flexibility index (Phi) is 4.54. The molecule has 1 aromatic carbocycles. The van der Waals surface area contributed by atoms with Gasteiger partial charge in [-0.3, -0.25) is 4.79 Å². The fraction of sp³-hybridized carbons (Fsp3) is 0.190. The number of fused-ring (bicyclic) bond motifs is 2. The van der Waals surface area contributed by atoms with Crippen LogP contribution in [0.2, 0.25) is 0 Å². The molecule has 5 rings (SSSR count). The predicted octanol–water partition coefficient (Wildman–Crippen LogP) is 4.31. The van der Waals surface area contributed by atoms with E-state index in [-0.39, 0.29) is 18.6 Å². The van der Waals surface area contributed by atoms with E-state index in [9.17, 15) is 4.79 Å². The minimum absolute atomic E-state index is 0.00182. The van der Waals surface area contributed by atoms with Crippen molar-refractivity contribution in [3.63, 3.8) is 0 Å². The van der Waals surface area contributed by atoms with Crippen LogP contribution < -0.4 is 4.74 Å². The second kappa shape index (κ2) is 7.33. The summed E-state index contributed by atoms with van der Waals surface area (Å²) in [5.74, 6) is 0.637. The van der Waals surface area contributed by atoms with Gasteiger partial charge in [0.05, 0.1) is 11.6 Å². The maximum atomic E-state index is 13.1. The summed E-state index contributed by atoms with van der Waals surface area (Å²) >= 11 is 3.46. The van der Waals surface area contributed by atoms with E-state index in [0.717, 1.165) is 17.3 Å². The summed E-state index contributed by atoms with van der Waals surface area (Å²) in [6.07, 6.45) is 4.16. The van der Waals surface area contributed by atoms with Crippen LogP contribution in [0, 0.1) is 0 Å². The minimum atomic E-state index is -0.0181. The number of rotatable bonds is 4. The first-order chi connectivity index (χ1) is 13.8. The van der Waals surface area contributed by atoms with Gasteiger partial charge in [-0.05, 0) is 47.0 Å². The van der Waals surface area contributed by atoms with Crippen molar-refractivity contribution < 1.29 is 9.53 Å². The van der Waals surface area contributed by atoms with Crippen molar-refractivity contribution in [2.75, 3.05) is 13.2 Å². The molecule has 4 heterocycles. The maximum Gasteiger partial charge on any atom is 0.261 e. The van der Waals surface area contributed by atoms with Crippen LogP contribution in [0.15, 0.2) is 59.7 Å². The molecule has 4 aromatic rings. The molecule has 5 nitrogen and oxygen atoms in total. The van der Waals surface area contributed by atoms with E-state index in [4.69, 9.17) is 4.74 Å². The van der Waals surface area contributed by atoms with E-state index in [1.54, 1.807) is 28.9 Å². The first kappa shape index (κ1) is 17.3. The number of thiophene rings is 2. The van der Waals surface area contributed by atoms with Crippen molar-refractivity contribution in [1.29, 1.82) is 0 Å². The van der Waals surface area contributed by atoms with Crippen molar-refractivity contribution in [3.8, 4) is 5.75 Å². The summed E-state index contributed by atoms with van der Waals surface area (Å²) in [6.45, 7) is 0.723. The average molecular weight is 408 g/mol. The Bertz CT molecular complexity index is 1120. The van der Waals surface area contributed by atoms with Gasteiger partial charge in [-0.2, -0.15) is 0 Å². The highest BCUT2D eigenvalue weighted by Crippen LogP contribution is 2.39. The number of carbonyl (C=O) groups excluding carboxylic acids is 1. The predicted molar refractivity (Wildman–Crippen MR) is 111 cm³/mol. The number of amides is 1. The van der Waals surface area contributed by atoms with Gasteiger partial charge < -0.3 is 9.64 Å². The van der Waals surface area contributed by atoms with Crippen LogP contribution in [-0.4, -0.2) is 33.9 Å². The van der Waals surface area contributed by atoms with Gasteiger partial charge in [-0.1, -0.05) is 6.07 Å². The third-order valence-electron chi connectivity index (χ3n) is 4.94. The summed E-state index contributed by atoms with van der Waals surface area (Å²) in [5, 5.41) is 5.12. The van der Waals surface area contributed by atoms with Gasteiger partial charge in [0.25, 0.3) is 5.91 Å². The molecule has 3 aromatic heterocycles. The number of hydrogen-bond donors (Lipinski definition) is 0. The van der Waals surface area contributed by atoms with E-state index in [1.807, 2.05) is 29.2 Å². The number of aromatic nitrogens is 2. The summed E-state index contributed by atoms with van der Waals surface area (Å²) in [6, 6.07) is 11.9. The Morgan fingerprint density at radius 1 is 1.21 bits per heavy atom. The summed E-state index contributed by atoms with van der Waals surface area (Å²) in [4.78, 5) is 25.8. The molecule has 1 atom stereocenters. The summed E-state index contributed by atoms with van der Waals surface area (Å²) in [7, 11) is 0. The van der Waals surface area contributed by atoms with Crippen molar-refractivity contribution in [2.45, 2.75) is 12.5 Å². The smallest absolute Gasteiger partial charge is 0.261 e. The summed E-state index contributed by atoms with van der Waals surface area (Å²) in [5.41, 5.74) is 2.05. The molecule has 7 heteroatoms. The largest absolute Gasteiger partial charge is 0.484 e. The van der Waals surface area contributed by atoms with Gasteiger partial charge in [0.2, 0.25) is 0 Å². The maximum absolute atomic E-state index is 13.1. The van der Waals surface area contributed by atoms with Crippen molar-refractivity contribution >= 4 is 39.5 Å². The van der Waals surface area contributed by atoms with Crippen LogP contribution in [0.4, 0.5) is 0 Å². The fourth-order valence-corrected chi connectivity index (χ4v) is 5.37. The normalized spacial score (nSPS) is 16.1. The van der Waals surface area contributed by atoms with E-state index in [0.29, 0.717) is 12.3 Å². The van der Waals surface area contributed by atoms with Crippen molar-refractivity contribution in [1.82, 2.24) is 14.9 Å². The number of hydrogen-bond acceptors (Lipinski definition) is 6. The number of benzene rings is 1. The van der Waals surface area contributed by atoms with Gasteiger partial charge in [-0.25, -0.2) is 9.97 Å². The Morgan fingerprint density at radius 3 is 3.07 bits per heavy atom. The molecule has 1 unspecified atom stereocenters. The van der Waals surface area contributed by atoms with Gasteiger partial charge in [0, 0.05) is 33.9 Å². The molecule has 0 aliphatic carbocycles. The zero-order chi connectivity index (χ0) is 18.9. The molecular formula is C21H17N3O2S2. The topological polar surface area (TPSA) is 55.3 Å². The number of ether oxygens (including phenoxy) is 1. The average Bonchev–Trinajstić information content (AvgIpc) is 3.43. The Hall–Kier alpha value is -2.77. The third kappa shape index (κ3) is 3.16. The molecule has 0 saturated carbocycles. The van der Waals surface area contributed by atoms with Gasteiger partial charge >= 0.3 is 0 Å². The van der Waals surface area contributed by atoms with Crippen LogP contribution in [0.1, 0.15) is 21.4 Å². The highest BCUT2D eigenvalue weighted by Gasteiger charge is 2.33. The molecule has 0 bridgehead atoms. The van der Waals surface area contributed by atoms with Crippen LogP contribution in [0.25, 0.3) is 10.9 Å². The van der Waals surface area contributed by atoms with E-state index in [1.165, 1.54) is 21.6 Å². The zero-order valence-electron chi connectivity index (χ0n) is 14.9. The molecule has 0 N–H and O–H groups in total. The highest BCUT2D eigenvalue weighted by molar-refractivity contribution is 7.10. The Labute approximate surface area is 170 Å². The monoisotopic (exact) mass is 407 g/mol. The molecule has 0 spiro atoms. The molecular weight excluding hydrogens is 390 g/mol. The second-order valence-corrected chi connectivity index (χ2v) is 8.57. The van der Waals surface area contributed by atoms with Crippen LogP contribution in [-0.2, 0) is 11.2 Å². The molecule has 0 saturated heterocycles. The SMILES string of the molecule is O=C(COc1ccc2cncnc2c1)N1CCc2sccc2C1c1cccs1. The first-order valence-corrected chi connectivity index (χ1v) is 10.8. The first-order valence-electron chi connectivity index (χ1n) is 9.01.